The first-order chi connectivity index (χ1) is 11.4. The van der Waals surface area contributed by atoms with Crippen LogP contribution >= 0.6 is 0 Å². The Bertz CT molecular complexity index is 682. The normalized spacial score (nSPS) is 10.7. The predicted molar refractivity (Wildman–Crippen MR) is 96.7 cm³/mol. The van der Waals surface area contributed by atoms with Gasteiger partial charge in [0.1, 0.15) is 13.1 Å². The first-order valence-electron chi connectivity index (χ1n) is 8.06. The molecule has 0 aromatic heterocycles. The van der Waals surface area contributed by atoms with Gasteiger partial charge >= 0.3 is 0 Å². The molecule has 0 atom stereocenters. The molecule has 122 valence electrons. The fourth-order valence-corrected chi connectivity index (χ4v) is 2.67. The Balaban J connectivity index is 0.00000208. The minimum absolute atomic E-state index is 0. The summed E-state index contributed by atoms with van der Waals surface area (Å²) in [6.07, 6.45) is 4.48. The number of nitrogens with one attached hydrogen (secondary N) is 1. The molecule has 1 nitrogen and oxygen atoms in total. The maximum atomic E-state index is 2.27. The molecular formula is C22H22ClN. The second-order valence-corrected chi connectivity index (χ2v) is 5.73. The summed E-state index contributed by atoms with van der Waals surface area (Å²) in [6.45, 7) is 1.97. The van der Waals surface area contributed by atoms with E-state index >= 15 is 0 Å². The molecule has 3 rings (SSSR count). The molecule has 0 unspecified atom stereocenters. The Kier molecular flexibility index (Phi) is 7.28. The van der Waals surface area contributed by atoms with Crippen LogP contribution in [0.25, 0.3) is 6.08 Å². The van der Waals surface area contributed by atoms with E-state index in [1.54, 1.807) is 0 Å². The quantitative estimate of drug-likeness (QED) is 0.684. The first kappa shape index (κ1) is 18.0. The second-order valence-electron chi connectivity index (χ2n) is 5.73. The van der Waals surface area contributed by atoms with Crippen molar-refractivity contribution >= 4 is 6.08 Å². The van der Waals surface area contributed by atoms with Crippen molar-refractivity contribution in [2.45, 2.75) is 13.1 Å². The summed E-state index contributed by atoms with van der Waals surface area (Å²) in [5.41, 5.74) is 3.96. The second kappa shape index (κ2) is 9.71. The van der Waals surface area contributed by atoms with Crippen LogP contribution < -0.4 is 17.3 Å². The van der Waals surface area contributed by atoms with Crippen LogP contribution in [0, 0.1) is 0 Å². The Morgan fingerprint density at radius 2 is 1.00 bits per heavy atom. The lowest BCUT2D eigenvalue weighted by molar-refractivity contribution is -0.875. The van der Waals surface area contributed by atoms with Crippen molar-refractivity contribution in [1.29, 1.82) is 0 Å². The molecule has 0 radical (unpaired) electrons. The van der Waals surface area contributed by atoms with Crippen LogP contribution in [0.2, 0.25) is 0 Å². The van der Waals surface area contributed by atoms with Crippen molar-refractivity contribution in [1.82, 2.24) is 0 Å². The van der Waals surface area contributed by atoms with Gasteiger partial charge in [-0.05, 0) is 11.6 Å². The van der Waals surface area contributed by atoms with Gasteiger partial charge in [0.25, 0.3) is 0 Å². The first-order valence-corrected chi connectivity index (χ1v) is 8.06. The maximum Gasteiger partial charge on any atom is 0.107 e. The van der Waals surface area contributed by atoms with E-state index in [1.807, 2.05) is 0 Å². The van der Waals surface area contributed by atoms with Crippen LogP contribution in [0.4, 0.5) is 0 Å². The van der Waals surface area contributed by atoms with E-state index in [2.05, 4.69) is 103 Å². The molecule has 3 aromatic rings. The molecule has 1 N–H and O–H groups in total. The smallest absolute Gasteiger partial charge is 0.107 e. The van der Waals surface area contributed by atoms with E-state index in [9.17, 15) is 0 Å². The molecule has 3 aromatic carbocycles. The van der Waals surface area contributed by atoms with Crippen LogP contribution in [0.3, 0.4) is 0 Å². The van der Waals surface area contributed by atoms with Crippen LogP contribution in [-0.2, 0) is 13.1 Å². The third-order valence-electron chi connectivity index (χ3n) is 3.86. The Labute approximate surface area is 150 Å². The summed E-state index contributed by atoms with van der Waals surface area (Å²) in [5, 5.41) is 0. The zero-order chi connectivity index (χ0) is 15.7. The minimum Gasteiger partial charge on any atom is -1.00 e. The van der Waals surface area contributed by atoms with Gasteiger partial charge in [-0.2, -0.15) is 0 Å². The molecule has 24 heavy (non-hydrogen) atoms. The maximum absolute atomic E-state index is 2.27. The molecule has 0 aliphatic heterocycles. The summed E-state index contributed by atoms with van der Waals surface area (Å²) < 4.78 is 0. The van der Waals surface area contributed by atoms with Crippen molar-refractivity contribution in [3.8, 4) is 0 Å². The van der Waals surface area contributed by atoms with E-state index < -0.39 is 0 Å². The van der Waals surface area contributed by atoms with Gasteiger partial charge in [-0.25, -0.2) is 0 Å². The Hall–Kier alpha value is -2.35. The molecule has 0 aliphatic carbocycles. The molecule has 0 saturated heterocycles. The number of rotatable bonds is 6. The van der Waals surface area contributed by atoms with Gasteiger partial charge in [0.05, 0.1) is 6.20 Å². The monoisotopic (exact) mass is 335 g/mol. The highest BCUT2D eigenvalue weighted by Gasteiger charge is 2.07. The fourth-order valence-electron chi connectivity index (χ4n) is 2.67. The van der Waals surface area contributed by atoms with Crippen LogP contribution in [0.1, 0.15) is 16.7 Å². The molecule has 2 heteroatoms. The van der Waals surface area contributed by atoms with Gasteiger partial charge in [-0.1, -0.05) is 91.0 Å². The molecule has 0 spiro atoms. The number of hydrogen-bond donors (Lipinski definition) is 1. The fraction of sp³-hybridized carbons (Fsp3) is 0.0909. The van der Waals surface area contributed by atoms with Gasteiger partial charge in [-0.15, -0.1) is 0 Å². The Morgan fingerprint density at radius 3 is 1.46 bits per heavy atom. The van der Waals surface area contributed by atoms with Crippen molar-refractivity contribution < 1.29 is 17.3 Å². The third-order valence-corrected chi connectivity index (χ3v) is 3.86. The highest BCUT2D eigenvalue weighted by atomic mass is 35.5. The van der Waals surface area contributed by atoms with Gasteiger partial charge in [-0.3, -0.25) is 0 Å². The van der Waals surface area contributed by atoms with Crippen LogP contribution in [0.5, 0.6) is 0 Å². The lowest BCUT2D eigenvalue weighted by Gasteiger charge is -2.15. The summed E-state index contributed by atoms with van der Waals surface area (Å²) in [7, 11) is 0. The summed E-state index contributed by atoms with van der Waals surface area (Å²) >= 11 is 0. The minimum atomic E-state index is 0. The molecule has 0 aliphatic rings. The van der Waals surface area contributed by atoms with E-state index in [0.717, 1.165) is 13.1 Å². The van der Waals surface area contributed by atoms with Gasteiger partial charge in [0.15, 0.2) is 0 Å². The highest BCUT2D eigenvalue weighted by Crippen LogP contribution is 2.01. The molecular weight excluding hydrogens is 314 g/mol. The van der Waals surface area contributed by atoms with Gasteiger partial charge < -0.3 is 17.3 Å². The van der Waals surface area contributed by atoms with Crippen molar-refractivity contribution in [2.24, 2.45) is 0 Å². The van der Waals surface area contributed by atoms with Gasteiger partial charge in [0, 0.05) is 11.1 Å². The molecule has 0 fully saturated rings. The lowest BCUT2D eigenvalue weighted by atomic mass is 10.1. The van der Waals surface area contributed by atoms with E-state index in [1.165, 1.54) is 21.6 Å². The van der Waals surface area contributed by atoms with Crippen LogP contribution in [0.15, 0.2) is 97.2 Å². The van der Waals surface area contributed by atoms with E-state index in [-0.39, 0.29) is 12.4 Å². The largest absolute Gasteiger partial charge is 1.00 e. The summed E-state index contributed by atoms with van der Waals surface area (Å²) in [5.74, 6) is 0. The molecule has 0 bridgehead atoms. The van der Waals surface area contributed by atoms with Crippen molar-refractivity contribution in [3.63, 3.8) is 0 Å². The average molecular weight is 336 g/mol. The summed E-state index contributed by atoms with van der Waals surface area (Å²) in [4.78, 5) is 1.42. The van der Waals surface area contributed by atoms with E-state index in [4.69, 9.17) is 0 Å². The number of benzene rings is 3. The zero-order valence-corrected chi connectivity index (χ0v) is 14.4. The highest BCUT2D eigenvalue weighted by molar-refractivity contribution is 5.47. The number of quaternary nitrogens is 1. The topological polar surface area (TPSA) is 4.44 Å². The lowest BCUT2D eigenvalue weighted by Crippen LogP contribution is -3.04. The molecule has 0 saturated carbocycles. The van der Waals surface area contributed by atoms with Crippen molar-refractivity contribution in [2.75, 3.05) is 0 Å². The number of hydrogen-bond acceptors (Lipinski definition) is 0. The van der Waals surface area contributed by atoms with Crippen molar-refractivity contribution in [3.05, 3.63) is 114 Å². The standard InChI is InChI=1S/C22H21N.ClH/c1-4-10-20(11-5-1)16-17-23(18-21-12-6-2-7-13-21)19-22-14-8-3-9-15-22;/h1-17H,18-19H2;1H/b17-16+;. The SMILES string of the molecule is C(=C\[NH+](Cc1ccccc1)Cc1ccccc1)/c1ccccc1.[Cl-]. The third kappa shape index (κ3) is 5.69. The van der Waals surface area contributed by atoms with Gasteiger partial charge in [0.2, 0.25) is 0 Å². The average Bonchev–Trinajstić information content (AvgIpc) is 2.62. The number of halogens is 1. The zero-order valence-electron chi connectivity index (χ0n) is 13.6. The Morgan fingerprint density at radius 1 is 0.583 bits per heavy atom. The molecule has 0 amide bonds. The predicted octanol–water partition coefficient (Wildman–Crippen LogP) is 0.947. The van der Waals surface area contributed by atoms with Crippen LogP contribution in [-0.4, -0.2) is 0 Å². The molecule has 0 heterocycles. The van der Waals surface area contributed by atoms with E-state index in [0.29, 0.717) is 0 Å². The summed E-state index contributed by atoms with van der Waals surface area (Å²) in [6, 6.07) is 31.8.